The van der Waals surface area contributed by atoms with E-state index in [1.165, 1.54) is 5.56 Å². The fourth-order valence-corrected chi connectivity index (χ4v) is 1.75. The van der Waals surface area contributed by atoms with E-state index in [9.17, 15) is 4.79 Å². The van der Waals surface area contributed by atoms with Crippen molar-refractivity contribution in [1.82, 2.24) is 4.98 Å². The predicted octanol–water partition coefficient (Wildman–Crippen LogP) is 2.16. The van der Waals surface area contributed by atoms with Crippen LogP contribution < -0.4 is 0 Å². The fourth-order valence-electron chi connectivity index (χ4n) is 1.75. The van der Waals surface area contributed by atoms with Gasteiger partial charge >= 0.3 is 0 Å². The van der Waals surface area contributed by atoms with Crippen molar-refractivity contribution in [3.05, 3.63) is 29.1 Å². The van der Waals surface area contributed by atoms with Gasteiger partial charge in [0.05, 0.1) is 0 Å². The second-order valence-electron chi connectivity index (χ2n) is 3.48. The van der Waals surface area contributed by atoms with Crippen LogP contribution in [0, 0.1) is 0 Å². The van der Waals surface area contributed by atoms with E-state index >= 15 is 0 Å². The van der Waals surface area contributed by atoms with E-state index in [1.807, 2.05) is 6.20 Å². The average Bonchev–Trinajstić information content (AvgIpc) is 2.18. The zero-order chi connectivity index (χ0) is 9.26. The summed E-state index contributed by atoms with van der Waals surface area (Å²) in [6, 6.07) is 2.12. The van der Waals surface area contributed by atoms with Gasteiger partial charge in [-0.05, 0) is 30.4 Å². The van der Waals surface area contributed by atoms with E-state index in [-0.39, 0.29) is 5.78 Å². The number of ketones is 1. The van der Waals surface area contributed by atoms with Crippen LogP contribution in [0.5, 0.6) is 0 Å². The lowest BCUT2D eigenvalue weighted by molar-refractivity contribution is 0.0967. The summed E-state index contributed by atoms with van der Waals surface area (Å²) in [7, 11) is 0. The molecule has 0 bridgehead atoms. The molecule has 2 heteroatoms. The second kappa shape index (κ2) is 3.29. The zero-order valence-corrected chi connectivity index (χ0v) is 7.84. The fraction of sp³-hybridized carbons (Fsp3) is 0.455. The van der Waals surface area contributed by atoms with Gasteiger partial charge in [-0.1, -0.05) is 13.0 Å². The van der Waals surface area contributed by atoms with E-state index in [4.69, 9.17) is 0 Å². The molecule has 13 heavy (non-hydrogen) atoms. The number of carbonyl (C=O) groups is 1. The lowest BCUT2D eigenvalue weighted by Crippen LogP contribution is -2.13. The Kier molecular flexibility index (Phi) is 2.13. The summed E-state index contributed by atoms with van der Waals surface area (Å²) in [5.74, 6) is 0.212. The molecule has 68 valence electrons. The number of rotatable bonds is 1. The Hall–Kier alpha value is -1.18. The van der Waals surface area contributed by atoms with Crippen molar-refractivity contribution in [2.75, 3.05) is 0 Å². The molecular formula is C11H13NO. The molecule has 0 fully saturated rings. The van der Waals surface area contributed by atoms with E-state index in [0.717, 1.165) is 24.8 Å². The van der Waals surface area contributed by atoms with Crippen LogP contribution in [0.25, 0.3) is 0 Å². The van der Waals surface area contributed by atoms with Crippen LogP contribution in [0.1, 0.15) is 41.4 Å². The molecule has 2 nitrogen and oxygen atoms in total. The number of pyridine rings is 1. The van der Waals surface area contributed by atoms with Crippen molar-refractivity contribution in [2.24, 2.45) is 0 Å². The summed E-state index contributed by atoms with van der Waals surface area (Å²) < 4.78 is 0. The Morgan fingerprint density at radius 1 is 1.46 bits per heavy atom. The van der Waals surface area contributed by atoms with Gasteiger partial charge in [-0.3, -0.25) is 9.78 Å². The first-order valence-corrected chi connectivity index (χ1v) is 4.82. The molecule has 0 saturated heterocycles. The summed E-state index contributed by atoms with van der Waals surface area (Å²) in [6.07, 6.45) is 5.49. The Morgan fingerprint density at radius 3 is 3.08 bits per heavy atom. The van der Waals surface area contributed by atoms with Crippen molar-refractivity contribution in [2.45, 2.75) is 32.6 Å². The topological polar surface area (TPSA) is 30.0 Å². The van der Waals surface area contributed by atoms with Gasteiger partial charge in [0.1, 0.15) is 5.69 Å². The van der Waals surface area contributed by atoms with Gasteiger partial charge in [0.15, 0.2) is 5.78 Å². The quantitative estimate of drug-likeness (QED) is 0.654. The van der Waals surface area contributed by atoms with Crippen molar-refractivity contribution < 1.29 is 4.79 Å². The van der Waals surface area contributed by atoms with Gasteiger partial charge in [-0.15, -0.1) is 0 Å². The third-order valence-electron chi connectivity index (χ3n) is 2.55. The Labute approximate surface area is 78.0 Å². The van der Waals surface area contributed by atoms with Crippen LogP contribution in [0.3, 0.4) is 0 Å². The SMILES string of the molecule is CCc1cnc2c(c1)CCCC2=O. The number of aromatic nitrogens is 1. The minimum Gasteiger partial charge on any atom is -0.292 e. The molecule has 0 N–H and O–H groups in total. The van der Waals surface area contributed by atoms with Crippen LogP contribution in [0.2, 0.25) is 0 Å². The van der Waals surface area contributed by atoms with Crippen molar-refractivity contribution >= 4 is 5.78 Å². The van der Waals surface area contributed by atoms with Crippen molar-refractivity contribution in [3.63, 3.8) is 0 Å². The Balaban J connectivity index is 2.45. The van der Waals surface area contributed by atoms with Gasteiger partial charge in [-0.25, -0.2) is 0 Å². The Morgan fingerprint density at radius 2 is 2.31 bits per heavy atom. The van der Waals surface area contributed by atoms with Gasteiger partial charge in [0, 0.05) is 12.6 Å². The lowest BCUT2D eigenvalue weighted by Gasteiger charge is -2.13. The third kappa shape index (κ3) is 1.48. The van der Waals surface area contributed by atoms with Crippen LogP contribution in [0.15, 0.2) is 12.3 Å². The Bertz CT molecular complexity index is 344. The van der Waals surface area contributed by atoms with E-state index in [1.54, 1.807) is 0 Å². The highest BCUT2D eigenvalue weighted by atomic mass is 16.1. The number of hydrogen-bond donors (Lipinski definition) is 0. The first kappa shape index (κ1) is 8.42. The van der Waals surface area contributed by atoms with Gasteiger partial charge in [-0.2, -0.15) is 0 Å². The largest absolute Gasteiger partial charge is 0.292 e. The van der Waals surface area contributed by atoms with E-state index in [0.29, 0.717) is 12.1 Å². The minimum absolute atomic E-state index is 0.212. The molecule has 1 aliphatic rings. The zero-order valence-electron chi connectivity index (χ0n) is 7.84. The standard InChI is InChI=1S/C11H13NO/c1-2-8-6-9-4-3-5-10(13)11(9)12-7-8/h6-7H,2-5H2,1H3. The maximum absolute atomic E-state index is 11.4. The third-order valence-corrected chi connectivity index (χ3v) is 2.55. The molecule has 2 rings (SSSR count). The van der Waals surface area contributed by atoms with Crippen LogP contribution >= 0.6 is 0 Å². The molecule has 0 unspecified atom stereocenters. The molecule has 0 spiro atoms. The number of aryl methyl sites for hydroxylation is 2. The van der Waals surface area contributed by atoms with Crippen LogP contribution in [-0.4, -0.2) is 10.8 Å². The first-order valence-electron chi connectivity index (χ1n) is 4.82. The number of Topliss-reactive ketones (excluding diaryl/α,β-unsaturated/α-hetero) is 1. The smallest absolute Gasteiger partial charge is 0.181 e. The molecule has 1 aromatic heterocycles. The molecule has 0 aromatic carbocycles. The minimum atomic E-state index is 0.212. The van der Waals surface area contributed by atoms with Crippen LogP contribution in [-0.2, 0) is 12.8 Å². The molecular weight excluding hydrogens is 162 g/mol. The van der Waals surface area contributed by atoms with E-state index in [2.05, 4.69) is 18.0 Å². The summed E-state index contributed by atoms with van der Waals surface area (Å²) >= 11 is 0. The molecule has 0 aliphatic heterocycles. The molecule has 0 amide bonds. The van der Waals surface area contributed by atoms with Crippen molar-refractivity contribution in [3.8, 4) is 0 Å². The van der Waals surface area contributed by atoms with Gasteiger partial charge in [0.2, 0.25) is 0 Å². The first-order chi connectivity index (χ1) is 6.31. The van der Waals surface area contributed by atoms with E-state index < -0.39 is 0 Å². The summed E-state index contributed by atoms with van der Waals surface area (Å²) in [5.41, 5.74) is 3.09. The van der Waals surface area contributed by atoms with Gasteiger partial charge < -0.3 is 0 Å². The summed E-state index contributed by atoms with van der Waals surface area (Å²) in [6.45, 7) is 2.11. The number of nitrogens with zero attached hydrogens (tertiary/aromatic N) is 1. The van der Waals surface area contributed by atoms with Crippen molar-refractivity contribution in [1.29, 1.82) is 0 Å². The monoisotopic (exact) mass is 175 g/mol. The maximum Gasteiger partial charge on any atom is 0.181 e. The predicted molar refractivity (Wildman–Crippen MR) is 50.9 cm³/mol. The highest BCUT2D eigenvalue weighted by Gasteiger charge is 2.18. The maximum atomic E-state index is 11.4. The van der Waals surface area contributed by atoms with Gasteiger partial charge in [0.25, 0.3) is 0 Å². The summed E-state index contributed by atoms with van der Waals surface area (Å²) in [4.78, 5) is 15.6. The average molecular weight is 175 g/mol. The molecule has 1 aliphatic carbocycles. The number of hydrogen-bond acceptors (Lipinski definition) is 2. The molecule has 0 atom stereocenters. The molecule has 1 heterocycles. The summed E-state index contributed by atoms with van der Waals surface area (Å²) in [5, 5.41) is 0. The van der Waals surface area contributed by atoms with Crippen LogP contribution in [0.4, 0.5) is 0 Å². The molecule has 0 radical (unpaired) electrons. The second-order valence-corrected chi connectivity index (χ2v) is 3.48. The highest BCUT2D eigenvalue weighted by molar-refractivity contribution is 5.96. The molecule has 1 aromatic rings. The normalized spacial score (nSPS) is 15.6. The molecule has 0 saturated carbocycles. The lowest BCUT2D eigenvalue weighted by atomic mass is 9.94. The highest BCUT2D eigenvalue weighted by Crippen LogP contribution is 2.20. The number of fused-ring (bicyclic) bond motifs is 1. The number of carbonyl (C=O) groups excluding carboxylic acids is 1.